The summed E-state index contributed by atoms with van der Waals surface area (Å²) in [5.41, 5.74) is 0. The maximum absolute atomic E-state index is 5.92. The zero-order valence-electron chi connectivity index (χ0n) is 11.5. The Bertz CT molecular complexity index is 180. The third kappa shape index (κ3) is 5.86. The fraction of sp³-hybridized carbons (Fsp3) is 1.00. The predicted octanol–water partition coefficient (Wildman–Crippen LogP) is 3.17. The predicted molar refractivity (Wildman–Crippen MR) is 69.7 cm³/mol. The molecule has 0 radical (unpaired) electrons. The highest BCUT2D eigenvalue weighted by Crippen LogP contribution is 2.15. The fourth-order valence-electron chi connectivity index (χ4n) is 2.36. The molecule has 1 aliphatic heterocycles. The maximum Gasteiger partial charge on any atom is 0.0714 e. The minimum Gasteiger partial charge on any atom is -0.377 e. The third-order valence-electron chi connectivity index (χ3n) is 3.13. The van der Waals surface area contributed by atoms with E-state index >= 15 is 0 Å². The standard InChI is InChI=1S/C14H29NO/c1-12(2)6-5-9-16-14-7-8-15(11-14)10-13(3)4/h12-14H,5-11H2,1-4H3/t14-/m1/s1. The van der Waals surface area contributed by atoms with E-state index in [2.05, 4.69) is 32.6 Å². The Hall–Kier alpha value is -0.0800. The largest absolute Gasteiger partial charge is 0.377 e. The van der Waals surface area contributed by atoms with Gasteiger partial charge in [0.25, 0.3) is 0 Å². The molecule has 1 rings (SSSR count). The Balaban J connectivity index is 2.03. The van der Waals surface area contributed by atoms with Crippen molar-refractivity contribution in [3.8, 4) is 0 Å². The van der Waals surface area contributed by atoms with Crippen molar-refractivity contribution in [2.75, 3.05) is 26.2 Å². The van der Waals surface area contributed by atoms with Gasteiger partial charge in [-0.2, -0.15) is 0 Å². The summed E-state index contributed by atoms with van der Waals surface area (Å²) in [4.78, 5) is 2.54. The fourth-order valence-corrected chi connectivity index (χ4v) is 2.36. The van der Waals surface area contributed by atoms with Crippen LogP contribution in [0.5, 0.6) is 0 Å². The highest BCUT2D eigenvalue weighted by molar-refractivity contribution is 4.76. The van der Waals surface area contributed by atoms with Gasteiger partial charge in [0.2, 0.25) is 0 Å². The van der Waals surface area contributed by atoms with E-state index in [1.165, 1.54) is 32.4 Å². The van der Waals surface area contributed by atoms with Crippen LogP contribution in [0.1, 0.15) is 47.0 Å². The summed E-state index contributed by atoms with van der Waals surface area (Å²) in [7, 11) is 0. The lowest BCUT2D eigenvalue weighted by molar-refractivity contribution is 0.0544. The zero-order chi connectivity index (χ0) is 12.0. The topological polar surface area (TPSA) is 12.5 Å². The van der Waals surface area contributed by atoms with Crippen LogP contribution in [0.2, 0.25) is 0 Å². The SMILES string of the molecule is CC(C)CCCO[C@@H]1CCN(CC(C)C)C1. The molecule has 0 saturated carbocycles. The molecule has 0 bridgehead atoms. The van der Waals surface area contributed by atoms with E-state index in [4.69, 9.17) is 4.74 Å². The van der Waals surface area contributed by atoms with Crippen LogP contribution in [0.25, 0.3) is 0 Å². The number of likely N-dealkylation sites (tertiary alicyclic amines) is 1. The minimum atomic E-state index is 0.505. The summed E-state index contributed by atoms with van der Waals surface area (Å²) in [6.07, 6.45) is 4.25. The number of hydrogen-bond donors (Lipinski definition) is 0. The van der Waals surface area contributed by atoms with Gasteiger partial charge in [-0.15, -0.1) is 0 Å². The summed E-state index contributed by atoms with van der Waals surface area (Å²) >= 11 is 0. The number of rotatable bonds is 7. The Labute approximate surface area is 101 Å². The van der Waals surface area contributed by atoms with Crippen molar-refractivity contribution in [1.82, 2.24) is 4.90 Å². The Morgan fingerprint density at radius 1 is 1.19 bits per heavy atom. The van der Waals surface area contributed by atoms with Crippen LogP contribution in [-0.2, 0) is 4.74 Å². The number of ether oxygens (including phenoxy) is 1. The van der Waals surface area contributed by atoms with Crippen LogP contribution in [-0.4, -0.2) is 37.2 Å². The van der Waals surface area contributed by atoms with Crippen LogP contribution in [0.4, 0.5) is 0 Å². The first kappa shape index (κ1) is 14.0. The van der Waals surface area contributed by atoms with E-state index in [1.807, 2.05) is 0 Å². The van der Waals surface area contributed by atoms with Crippen molar-refractivity contribution in [3.05, 3.63) is 0 Å². The lowest BCUT2D eigenvalue weighted by Crippen LogP contribution is -2.27. The monoisotopic (exact) mass is 227 g/mol. The molecule has 96 valence electrons. The van der Waals surface area contributed by atoms with Gasteiger partial charge in [-0.05, 0) is 31.1 Å². The first-order valence-electron chi connectivity index (χ1n) is 6.92. The highest BCUT2D eigenvalue weighted by Gasteiger charge is 2.22. The first-order valence-corrected chi connectivity index (χ1v) is 6.92. The maximum atomic E-state index is 5.92. The molecule has 0 amide bonds. The average Bonchev–Trinajstić information content (AvgIpc) is 2.59. The van der Waals surface area contributed by atoms with E-state index < -0.39 is 0 Å². The van der Waals surface area contributed by atoms with Crippen LogP contribution >= 0.6 is 0 Å². The molecule has 1 aliphatic rings. The molecular formula is C14H29NO. The summed E-state index contributed by atoms with van der Waals surface area (Å²) in [6.45, 7) is 13.7. The Morgan fingerprint density at radius 3 is 2.56 bits per heavy atom. The smallest absolute Gasteiger partial charge is 0.0714 e. The van der Waals surface area contributed by atoms with E-state index in [0.717, 1.165) is 25.0 Å². The second kappa shape index (κ2) is 7.29. The minimum absolute atomic E-state index is 0.505. The van der Waals surface area contributed by atoms with Gasteiger partial charge in [0.1, 0.15) is 0 Å². The summed E-state index contributed by atoms with van der Waals surface area (Å²) < 4.78 is 5.92. The lowest BCUT2D eigenvalue weighted by Gasteiger charge is -2.18. The molecule has 1 atom stereocenters. The second-order valence-electron chi connectivity index (χ2n) is 5.97. The summed E-state index contributed by atoms with van der Waals surface area (Å²) in [6, 6.07) is 0. The molecule has 2 heteroatoms. The van der Waals surface area contributed by atoms with E-state index in [9.17, 15) is 0 Å². The van der Waals surface area contributed by atoms with Crippen LogP contribution in [0.3, 0.4) is 0 Å². The van der Waals surface area contributed by atoms with Gasteiger partial charge in [-0.25, -0.2) is 0 Å². The molecule has 1 saturated heterocycles. The molecule has 0 aromatic heterocycles. The quantitative estimate of drug-likeness (QED) is 0.619. The molecular weight excluding hydrogens is 198 g/mol. The van der Waals surface area contributed by atoms with E-state index in [-0.39, 0.29) is 0 Å². The van der Waals surface area contributed by atoms with E-state index in [0.29, 0.717) is 6.10 Å². The van der Waals surface area contributed by atoms with Crippen molar-refractivity contribution in [3.63, 3.8) is 0 Å². The van der Waals surface area contributed by atoms with Crippen molar-refractivity contribution >= 4 is 0 Å². The highest BCUT2D eigenvalue weighted by atomic mass is 16.5. The van der Waals surface area contributed by atoms with Crippen LogP contribution in [0.15, 0.2) is 0 Å². The lowest BCUT2D eigenvalue weighted by atomic mass is 10.1. The average molecular weight is 227 g/mol. The number of nitrogens with zero attached hydrogens (tertiary/aromatic N) is 1. The van der Waals surface area contributed by atoms with Gasteiger partial charge in [0, 0.05) is 26.2 Å². The van der Waals surface area contributed by atoms with Crippen LogP contribution in [0, 0.1) is 11.8 Å². The molecule has 1 heterocycles. The molecule has 0 spiro atoms. The van der Waals surface area contributed by atoms with Gasteiger partial charge in [0.05, 0.1) is 6.10 Å². The molecule has 0 aliphatic carbocycles. The van der Waals surface area contributed by atoms with Gasteiger partial charge in [-0.1, -0.05) is 27.7 Å². The zero-order valence-corrected chi connectivity index (χ0v) is 11.5. The van der Waals surface area contributed by atoms with E-state index in [1.54, 1.807) is 0 Å². The molecule has 2 nitrogen and oxygen atoms in total. The Morgan fingerprint density at radius 2 is 1.94 bits per heavy atom. The normalized spacial score (nSPS) is 22.5. The molecule has 0 N–H and O–H groups in total. The molecule has 0 aromatic rings. The molecule has 0 unspecified atom stereocenters. The molecule has 1 fully saturated rings. The van der Waals surface area contributed by atoms with Crippen molar-refractivity contribution < 1.29 is 4.74 Å². The third-order valence-corrected chi connectivity index (χ3v) is 3.13. The van der Waals surface area contributed by atoms with Crippen molar-refractivity contribution in [2.45, 2.75) is 53.1 Å². The molecule has 0 aromatic carbocycles. The van der Waals surface area contributed by atoms with Crippen molar-refractivity contribution in [2.24, 2.45) is 11.8 Å². The van der Waals surface area contributed by atoms with Gasteiger partial charge >= 0.3 is 0 Å². The van der Waals surface area contributed by atoms with Gasteiger partial charge in [0.15, 0.2) is 0 Å². The molecule has 16 heavy (non-hydrogen) atoms. The van der Waals surface area contributed by atoms with Crippen molar-refractivity contribution in [1.29, 1.82) is 0 Å². The summed E-state index contributed by atoms with van der Waals surface area (Å²) in [5, 5.41) is 0. The number of hydrogen-bond acceptors (Lipinski definition) is 2. The second-order valence-corrected chi connectivity index (χ2v) is 5.97. The van der Waals surface area contributed by atoms with Gasteiger partial charge < -0.3 is 9.64 Å². The van der Waals surface area contributed by atoms with Crippen LogP contribution < -0.4 is 0 Å². The van der Waals surface area contributed by atoms with Gasteiger partial charge in [-0.3, -0.25) is 0 Å². The summed E-state index contributed by atoms with van der Waals surface area (Å²) in [5.74, 6) is 1.59. The Kier molecular flexibility index (Phi) is 6.37. The first-order chi connectivity index (χ1) is 7.58.